The van der Waals surface area contributed by atoms with Gasteiger partial charge in [0.2, 0.25) is 0 Å². The van der Waals surface area contributed by atoms with Gasteiger partial charge in [0, 0.05) is 6.07 Å². The lowest BCUT2D eigenvalue weighted by Gasteiger charge is -2.36. The molecule has 0 aliphatic heterocycles. The monoisotopic (exact) mass is 401 g/mol. The molecule has 1 heterocycles. The first-order valence-corrected chi connectivity index (χ1v) is 11.6. The maximum Gasteiger partial charge on any atom is 0.534 e. The van der Waals surface area contributed by atoms with Crippen molar-refractivity contribution in [3.8, 4) is 11.5 Å². The van der Waals surface area contributed by atoms with Crippen LogP contribution < -0.4 is 8.92 Å². The number of nitrogens with zero attached hydrogens (tertiary/aromatic N) is 1. The average molecular weight is 401 g/mol. The van der Waals surface area contributed by atoms with Gasteiger partial charge in [0.05, 0.1) is 25.6 Å². The molecular formula is C14H22F3NO5SSi. The molecule has 0 aliphatic rings. The molecule has 0 bridgehead atoms. The van der Waals surface area contributed by atoms with Crippen molar-refractivity contribution < 1.29 is 34.9 Å². The molecule has 0 aromatic carbocycles. The van der Waals surface area contributed by atoms with Crippen molar-refractivity contribution in [1.29, 1.82) is 0 Å². The second-order valence-electron chi connectivity index (χ2n) is 6.86. The van der Waals surface area contributed by atoms with Crippen molar-refractivity contribution in [3.63, 3.8) is 0 Å². The first-order chi connectivity index (χ1) is 11.1. The number of methoxy groups -OCH3 is 1. The van der Waals surface area contributed by atoms with E-state index < -0.39 is 29.7 Å². The van der Waals surface area contributed by atoms with Crippen molar-refractivity contribution in [2.75, 3.05) is 7.11 Å². The lowest BCUT2D eigenvalue weighted by Crippen LogP contribution is -2.40. The summed E-state index contributed by atoms with van der Waals surface area (Å²) in [4.78, 5) is 4.00. The molecule has 1 aromatic heterocycles. The van der Waals surface area contributed by atoms with Gasteiger partial charge >= 0.3 is 15.6 Å². The summed E-state index contributed by atoms with van der Waals surface area (Å²) in [7, 11) is -6.76. The summed E-state index contributed by atoms with van der Waals surface area (Å²) in [6.45, 7) is 10.1. The van der Waals surface area contributed by atoms with Crippen LogP contribution in [0.3, 0.4) is 0 Å². The normalized spacial score (nSPS) is 13.6. The molecule has 0 saturated carbocycles. The van der Waals surface area contributed by atoms with Crippen molar-refractivity contribution in [1.82, 2.24) is 4.98 Å². The van der Waals surface area contributed by atoms with Gasteiger partial charge in [-0.15, -0.1) is 0 Å². The zero-order chi connectivity index (χ0) is 19.7. The molecule has 0 aliphatic carbocycles. The van der Waals surface area contributed by atoms with Crippen LogP contribution in [0.5, 0.6) is 11.5 Å². The van der Waals surface area contributed by atoms with Crippen molar-refractivity contribution in [2.24, 2.45) is 0 Å². The lowest BCUT2D eigenvalue weighted by atomic mass is 10.2. The zero-order valence-corrected chi connectivity index (χ0v) is 16.7. The topological polar surface area (TPSA) is 74.7 Å². The van der Waals surface area contributed by atoms with Crippen molar-refractivity contribution in [3.05, 3.63) is 18.0 Å². The van der Waals surface area contributed by atoms with Crippen LogP contribution in [-0.2, 0) is 21.2 Å². The first-order valence-electron chi connectivity index (χ1n) is 7.28. The molecule has 0 amide bonds. The lowest BCUT2D eigenvalue weighted by molar-refractivity contribution is -0.0500. The highest BCUT2D eigenvalue weighted by Crippen LogP contribution is 2.38. The Morgan fingerprint density at radius 2 is 1.72 bits per heavy atom. The van der Waals surface area contributed by atoms with Gasteiger partial charge in [-0.3, -0.25) is 4.98 Å². The summed E-state index contributed by atoms with van der Waals surface area (Å²) >= 11 is 0. The predicted octanol–water partition coefficient (Wildman–Crippen LogP) is 3.84. The van der Waals surface area contributed by atoms with E-state index in [1.807, 2.05) is 33.9 Å². The summed E-state index contributed by atoms with van der Waals surface area (Å²) in [5.74, 6) is -0.826. The Bertz CT molecular complexity index is 714. The van der Waals surface area contributed by atoms with Gasteiger partial charge in [-0.1, -0.05) is 20.8 Å². The summed E-state index contributed by atoms with van der Waals surface area (Å²) in [5.41, 5.74) is -5.31. The largest absolute Gasteiger partial charge is 0.534 e. The minimum Gasteiger partial charge on any atom is -0.491 e. The smallest absolute Gasteiger partial charge is 0.491 e. The first kappa shape index (κ1) is 21.7. The van der Waals surface area contributed by atoms with Crippen LogP contribution in [-0.4, -0.2) is 34.3 Å². The number of halogens is 3. The number of aromatic nitrogens is 1. The standard InChI is InChI=1S/C14H22F3NO5SSi/c1-13(2,3)25(5,6)22-9-10-7-11(12(21-4)8-18-10)23-24(19,20)14(15,16)17/h7-8H,9H2,1-6H3. The highest BCUT2D eigenvalue weighted by atomic mass is 32.2. The number of alkyl halides is 3. The number of ether oxygens (including phenoxy) is 1. The molecule has 11 heteroatoms. The van der Waals surface area contributed by atoms with Gasteiger partial charge in [-0.2, -0.15) is 21.6 Å². The Labute approximate surface area is 146 Å². The molecule has 0 N–H and O–H groups in total. The predicted molar refractivity (Wildman–Crippen MR) is 88.4 cm³/mol. The van der Waals surface area contributed by atoms with Crippen LogP contribution in [0.2, 0.25) is 18.1 Å². The molecule has 1 rings (SSSR count). The van der Waals surface area contributed by atoms with E-state index in [1.54, 1.807) is 0 Å². The third-order valence-electron chi connectivity index (χ3n) is 3.98. The summed E-state index contributed by atoms with van der Waals surface area (Å²) in [5, 5.41) is -0.0710. The minimum absolute atomic E-state index is 0.0168. The molecule has 1 aromatic rings. The second kappa shape index (κ2) is 7.12. The third kappa shape index (κ3) is 5.32. The maximum atomic E-state index is 12.5. The fourth-order valence-corrected chi connectivity index (χ4v) is 2.80. The molecular weight excluding hydrogens is 379 g/mol. The van der Waals surface area contributed by atoms with Gasteiger partial charge in [-0.25, -0.2) is 0 Å². The van der Waals surface area contributed by atoms with Crippen LogP contribution in [0, 0.1) is 0 Å². The Balaban J connectivity index is 3.08. The Morgan fingerprint density at radius 1 is 1.16 bits per heavy atom. The van der Waals surface area contributed by atoms with E-state index in [0.29, 0.717) is 0 Å². The van der Waals surface area contributed by atoms with Crippen molar-refractivity contribution >= 4 is 18.4 Å². The molecule has 0 spiro atoms. The summed E-state index contributed by atoms with van der Waals surface area (Å²) in [6.07, 6.45) is 1.09. The van der Waals surface area contributed by atoms with Gasteiger partial charge in [0.1, 0.15) is 0 Å². The Hall–Kier alpha value is -1.33. The van der Waals surface area contributed by atoms with E-state index in [0.717, 1.165) is 19.4 Å². The molecule has 0 saturated heterocycles. The van der Waals surface area contributed by atoms with Gasteiger partial charge in [-0.05, 0) is 18.1 Å². The van der Waals surface area contributed by atoms with Crippen LogP contribution >= 0.6 is 0 Å². The van der Waals surface area contributed by atoms with E-state index in [2.05, 4.69) is 9.17 Å². The van der Waals surface area contributed by atoms with E-state index in [-0.39, 0.29) is 23.1 Å². The number of hydrogen-bond donors (Lipinski definition) is 0. The molecule has 0 unspecified atom stereocenters. The fraction of sp³-hybridized carbons (Fsp3) is 0.643. The van der Waals surface area contributed by atoms with Crippen LogP contribution in [0.1, 0.15) is 26.5 Å². The van der Waals surface area contributed by atoms with Crippen LogP contribution in [0.15, 0.2) is 12.3 Å². The molecule has 0 radical (unpaired) electrons. The molecule has 0 fully saturated rings. The van der Waals surface area contributed by atoms with E-state index >= 15 is 0 Å². The third-order valence-corrected chi connectivity index (χ3v) is 9.42. The van der Waals surface area contributed by atoms with Gasteiger partial charge in [0.25, 0.3) is 0 Å². The van der Waals surface area contributed by atoms with Gasteiger partial charge < -0.3 is 13.3 Å². The average Bonchev–Trinajstić information content (AvgIpc) is 2.42. The molecule has 144 valence electrons. The Morgan fingerprint density at radius 3 is 2.16 bits per heavy atom. The van der Waals surface area contributed by atoms with E-state index in [1.165, 1.54) is 0 Å². The molecule has 0 atom stereocenters. The second-order valence-corrected chi connectivity index (χ2v) is 13.2. The fourth-order valence-electron chi connectivity index (χ4n) is 1.40. The highest BCUT2D eigenvalue weighted by Gasteiger charge is 2.49. The molecule has 25 heavy (non-hydrogen) atoms. The van der Waals surface area contributed by atoms with E-state index in [4.69, 9.17) is 9.16 Å². The van der Waals surface area contributed by atoms with E-state index in [9.17, 15) is 21.6 Å². The minimum atomic E-state index is -5.81. The summed E-state index contributed by atoms with van der Waals surface area (Å²) < 4.78 is 74.8. The quantitative estimate of drug-likeness (QED) is 0.410. The van der Waals surface area contributed by atoms with Gasteiger partial charge in [0.15, 0.2) is 19.8 Å². The summed E-state index contributed by atoms with van der Waals surface area (Å²) in [6, 6.07) is 1.06. The van der Waals surface area contributed by atoms with Crippen molar-refractivity contribution in [2.45, 2.75) is 51.0 Å². The molecule has 6 nitrogen and oxygen atoms in total. The maximum absolute atomic E-state index is 12.5. The zero-order valence-electron chi connectivity index (χ0n) is 14.9. The van der Waals surface area contributed by atoms with Crippen LogP contribution in [0.25, 0.3) is 0 Å². The number of hydrogen-bond acceptors (Lipinski definition) is 6. The number of pyridine rings is 1. The number of rotatable bonds is 6. The SMILES string of the molecule is COc1cnc(CO[Si](C)(C)C(C)(C)C)cc1OS(=O)(=O)C(F)(F)F. The van der Waals surface area contributed by atoms with Crippen LogP contribution in [0.4, 0.5) is 13.2 Å². The highest BCUT2D eigenvalue weighted by molar-refractivity contribution is 7.88. The Kier molecular flexibility index (Phi) is 6.18.